The highest BCUT2D eigenvalue weighted by Crippen LogP contribution is 2.26. The maximum Gasteiger partial charge on any atom is 0.246 e. The maximum atomic E-state index is 12.9. The average molecular weight is 354 g/mol. The van der Waals surface area contributed by atoms with Crippen molar-refractivity contribution in [3.8, 4) is 5.75 Å². The molecule has 0 aromatic heterocycles. The fraction of sp³-hybridized carbons (Fsp3) is 0.588. The summed E-state index contributed by atoms with van der Waals surface area (Å²) in [5, 5.41) is 0. The van der Waals surface area contributed by atoms with Crippen molar-refractivity contribution in [2.24, 2.45) is 0 Å². The lowest BCUT2D eigenvalue weighted by Gasteiger charge is -2.32. The van der Waals surface area contributed by atoms with Crippen molar-refractivity contribution < 1.29 is 17.9 Å². The van der Waals surface area contributed by atoms with Gasteiger partial charge in [-0.25, -0.2) is 8.42 Å². The van der Waals surface area contributed by atoms with E-state index < -0.39 is 16.1 Å². The first kappa shape index (κ1) is 18.6. The van der Waals surface area contributed by atoms with Gasteiger partial charge >= 0.3 is 0 Å². The molecule has 1 heterocycles. The number of hydrogen-bond donors (Lipinski definition) is 0. The Balaban J connectivity index is 2.31. The average Bonchev–Trinajstić information content (AvgIpc) is 2.82. The molecule has 1 aromatic carbocycles. The number of ether oxygens (including phenoxy) is 1. The van der Waals surface area contributed by atoms with Gasteiger partial charge < -0.3 is 9.64 Å². The number of sulfonamides is 1. The second kappa shape index (κ2) is 7.88. The third kappa shape index (κ3) is 4.41. The molecule has 7 heteroatoms. The van der Waals surface area contributed by atoms with Crippen LogP contribution in [0.3, 0.4) is 0 Å². The third-order valence-electron chi connectivity index (χ3n) is 4.29. The summed E-state index contributed by atoms with van der Waals surface area (Å²) in [5.74, 6) is 0.403. The number of amides is 1. The van der Waals surface area contributed by atoms with E-state index in [1.54, 1.807) is 36.1 Å². The fourth-order valence-corrected chi connectivity index (χ4v) is 4.27. The molecular weight excluding hydrogens is 328 g/mol. The van der Waals surface area contributed by atoms with Gasteiger partial charge in [-0.1, -0.05) is 18.9 Å². The van der Waals surface area contributed by atoms with Crippen LogP contribution >= 0.6 is 0 Å². The Hall–Kier alpha value is -1.76. The van der Waals surface area contributed by atoms with Crippen molar-refractivity contribution in [3.05, 3.63) is 24.3 Å². The highest BCUT2D eigenvalue weighted by molar-refractivity contribution is 7.92. The van der Waals surface area contributed by atoms with Crippen molar-refractivity contribution in [1.29, 1.82) is 0 Å². The lowest BCUT2D eigenvalue weighted by Crippen LogP contribution is -2.49. The Morgan fingerprint density at radius 1 is 1.21 bits per heavy atom. The molecule has 2 rings (SSSR count). The quantitative estimate of drug-likeness (QED) is 0.813. The first-order valence-corrected chi connectivity index (χ1v) is 10.1. The molecule has 0 bridgehead atoms. The molecule has 0 unspecified atom stereocenters. The highest BCUT2D eigenvalue weighted by Gasteiger charge is 2.32. The van der Waals surface area contributed by atoms with E-state index in [2.05, 4.69) is 0 Å². The smallest absolute Gasteiger partial charge is 0.246 e. The van der Waals surface area contributed by atoms with Gasteiger partial charge in [0.2, 0.25) is 15.9 Å². The summed E-state index contributed by atoms with van der Waals surface area (Å²) in [6.45, 7) is 3.03. The Bertz CT molecular complexity index is 667. The number of carbonyl (C=O) groups is 1. The lowest BCUT2D eigenvalue weighted by molar-refractivity contribution is -0.131. The molecule has 1 atom stereocenters. The summed E-state index contributed by atoms with van der Waals surface area (Å²) in [6.07, 6.45) is 5.29. The molecule has 0 saturated carbocycles. The second-order valence-electron chi connectivity index (χ2n) is 6.18. The zero-order valence-electron chi connectivity index (χ0n) is 14.6. The lowest BCUT2D eigenvalue weighted by atomic mass is 10.2. The van der Waals surface area contributed by atoms with Crippen LogP contribution in [-0.4, -0.2) is 51.7 Å². The molecule has 134 valence electrons. The summed E-state index contributed by atoms with van der Waals surface area (Å²) >= 11 is 0. The van der Waals surface area contributed by atoms with Crippen LogP contribution in [0.4, 0.5) is 5.69 Å². The van der Waals surface area contributed by atoms with E-state index in [4.69, 9.17) is 4.74 Å². The van der Waals surface area contributed by atoms with E-state index >= 15 is 0 Å². The predicted octanol–water partition coefficient (Wildman–Crippen LogP) is 2.25. The minimum atomic E-state index is -3.60. The summed E-state index contributed by atoms with van der Waals surface area (Å²) in [5.41, 5.74) is 0.438. The summed E-state index contributed by atoms with van der Waals surface area (Å²) in [7, 11) is -2.08. The van der Waals surface area contributed by atoms with Crippen molar-refractivity contribution in [1.82, 2.24) is 4.90 Å². The second-order valence-corrected chi connectivity index (χ2v) is 8.04. The van der Waals surface area contributed by atoms with Gasteiger partial charge in [-0.05, 0) is 31.9 Å². The molecule has 1 aliphatic rings. The van der Waals surface area contributed by atoms with Crippen molar-refractivity contribution in [2.45, 2.75) is 38.6 Å². The SMILES string of the molecule is COc1cccc(N([C@H](C)C(=O)N2CCCCCC2)S(C)(=O)=O)c1. The van der Waals surface area contributed by atoms with Crippen LogP contribution in [0.2, 0.25) is 0 Å². The minimum absolute atomic E-state index is 0.148. The van der Waals surface area contributed by atoms with Crippen LogP contribution in [-0.2, 0) is 14.8 Å². The minimum Gasteiger partial charge on any atom is -0.497 e. The number of benzene rings is 1. The Morgan fingerprint density at radius 3 is 2.38 bits per heavy atom. The van der Waals surface area contributed by atoms with Gasteiger partial charge in [0.1, 0.15) is 11.8 Å². The molecular formula is C17H26N2O4S. The first-order chi connectivity index (χ1) is 11.3. The van der Waals surface area contributed by atoms with Gasteiger partial charge in [-0.2, -0.15) is 0 Å². The number of hydrogen-bond acceptors (Lipinski definition) is 4. The summed E-state index contributed by atoms with van der Waals surface area (Å²) in [4.78, 5) is 14.6. The normalized spacial score (nSPS) is 17.0. The third-order valence-corrected chi connectivity index (χ3v) is 5.53. The van der Waals surface area contributed by atoms with Gasteiger partial charge in [0.25, 0.3) is 0 Å². The molecule has 0 radical (unpaired) electrons. The molecule has 0 spiro atoms. The summed E-state index contributed by atoms with van der Waals surface area (Å²) < 4.78 is 31.0. The van der Waals surface area contributed by atoms with Gasteiger partial charge in [0.15, 0.2) is 0 Å². The largest absolute Gasteiger partial charge is 0.497 e. The fourth-order valence-electron chi connectivity index (χ4n) is 3.11. The topological polar surface area (TPSA) is 66.9 Å². The van der Waals surface area contributed by atoms with Crippen LogP contribution in [0.1, 0.15) is 32.6 Å². The number of carbonyl (C=O) groups excluding carboxylic acids is 1. The molecule has 1 fully saturated rings. The van der Waals surface area contributed by atoms with Gasteiger partial charge in [0, 0.05) is 19.2 Å². The van der Waals surface area contributed by atoms with Crippen molar-refractivity contribution >= 4 is 21.6 Å². The van der Waals surface area contributed by atoms with Crippen LogP contribution in [0.25, 0.3) is 0 Å². The van der Waals surface area contributed by atoms with E-state index in [1.165, 1.54) is 11.4 Å². The zero-order valence-corrected chi connectivity index (χ0v) is 15.4. The molecule has 1 saturated heterocycles. The monoisotopic (exact) mass is 354 g/mol. The molecule has 6 nitrogen and oxygen atoms in total. The Labute approximate surface area is 144 Å². The van der Waals surface area contributed by atoms with E-state index in [9.17, 15) is 13.2 Å². The zero-order chi connectivity index (χ0) is 17.7. The number of nitrogens with zero attached hydrogens (tertiary/aromatic N) is 2. The number of methoxy groups -OCH3 is 1. The molecule has 1 amide bonds. The van der Waals surface area contributed by atoms with E-state index in [1.807, 2.05) is 0 Å². The van der Waals surface area contributed by atoms with Crippen LogP contribution in [0, 0.1) is 0 Å². The van der Waals surface area contributed by atoms with Crippen LogP contribution < -0.4 is 9.04 Å². The number of rotatable bonds is 5. The van der Waals surface area contributed by atoms with Crippen molar-refractivity contribution in [2.75, 3.05) is 30.8 Å². The number of anilines is 1. The van der Waals surface area contributed by atoms with Gasteiger partial charge in [0.05, 0.1) is 19.1 Å². The van der Waals surface area contributed by atoms with E-state index in [0.717, 1.165) is 31.9 Å². The Kier molecular flexibility index (Phi) is 6.10. The standard InChI is InChI=1S/C17H26N2O4S/c1-14(17(20)18-11-6-4-5-7-12-18)19(24(3,21)22)15-9-8-10-16(13-15)23-2/h8-10,13-14H,4-7,11-12H2,1-3H3/t14-/m1/s1. The van der Waals surface area contributed by atoms with E-state index in [-0.39, 0.29) is 5.91 Å². The molecule has 1 aliphatic heterocycles. The molecule has 24 heavy (non-hydrogen) atoms. The molecule has 0 aliphatic carbocycles. The highest BCUT2D eigenvalue weighted by atomic mass is 32.2. The summed E-state index contributed by atoms with van der Waals surface area (Å²) in [6, 6.07) is 5.98. The van der Waals surface area contributed by atoms with Gasteiger partial charge in [-0.3, -0.25) is 9.10 Å². The van der Waals surface area contributed by atoms with Crippen molar-refractivity contribution in [3.63, 3.8) is 0 Å². The predicted molar refractivity (Wildman–Crippen MR) is 94.8 cm³/mol. The van der Waals surface area contributed by atoms with Crippen LogP contribution in [0.5, 0.6) is 5.75 Å². The molecule has 1 aromatic rings. The van der Waals surface area contributed by atoms with Crippen LogP contribution in [0.15, 0.2) is 24.3 Å². The maximum absolute atomic E-state index is 12.9. The van der Waals surface area contributed by atoms with E-state index in [0.29, 0.717) is 24.5 Å². The Morgan fingerprint density at radius 2 is 1.83 bits per heavy atom. The molecule has 0 N–H and O–H groups in total. The number of likely N-dealkylation sites (tertiary alicyclic amines) is 1. The van der Waals surface area contributed by atoms with Gasteiger partial charge in [-0.15, -0.1) is 0 Å². The first-order valence-electron chi connectivity index (χ1n) is 8.27.